The molecule has 3 heterocycles. The van der Waals surface area contributed by atoms with E-state index >= 15 is 0 Å². The summed E-state index contributed by atoms with van der Waals surface area (Å²) in [6, 6.07) is 6.26. The Morgan fingerprint density at radius 3 is 3.06 bits per heavy atom. The molecule has 1 amide bonds. The molecule has 0 spiro atoms. The summed E-state index contributed by atoms with van der Waals surface area (Å²) in [4.78, 5) is 18.9. The number of carbonyl (C=O) groups is 1. The average Bonchev–Trinajstić information content (AvgIpc) is 3.12. The van der Waals surface area contributed by atoms with Gasteiger partial charge in [0, 0.05) is 18.8 Å². The summed E-state index contributed by atoms with van der Waals surface area (Å²) in [5, 5.41) is 0. The molecule has 0 N–H and O–H groups in total. The van der Waals surface area contributed by atoms with Gasteiger partial charge < -0.3 is 4.90 Å². The molecule has 2 aliphatic rings. The van der Waals surface area contributed by atoms with Crippen molar-refractivity contribution in [3.8, 4) is 0 Å². The van der Waals surface area contributed by atoms with Gasteiger partial charge in [-0.15, -0.1) is 0 Å². The van der Waals surface area contributed by atoms with E-state index in [1.165, 1.54) is 19.3 Å². The summed E-state index contributed by atoms with van der Waals surface area (Å²) in [6.45, 7) is 0.934. The van der Waals surface area contributed by atoms with E-state index in [1.807, 2.05) is 33.7 Å². The minimum Gasteiger partial charge on any atom is -0.334 e. The maximum absolute atomic E-state index is 12.6. The second-order valence-corrected chi connectivity index (χ2v) is 5.36. The van der Waals surface area contributed by atoms with Crippen molar-refractivity contribution < 1.29 is 4.79 Å². The molecule has 4 nitrogen and oxygen atoms in total. The Morgan fingerprint density at radius 1 is 1.33 bits per heavy atom. The highest BCUT2D eigenvalue weighted by Gasteiger charge is 2.41. The van der Waals surface area contributed by atoms with Crippen molar-refractivity contribution in [2.24, 2.45) is 5.92 Å². The van der Waals surface area contributed by atoms with E-state index < -0.39 is 0 Å². The fourth-order valence-corrected chi connectivity index (χ4v) is 3.41. The molecule has 2 fully saturated rings. The maximum Gasteiger partial charge on any atom is 0.272 e. The van der Waals surface area contributed by atoms with Gasteiger partial charge in [-0.1, -0.05) is 6.07 Å². The molecule has 4 heteroatoms. The predicted octanol–water partition coefficient (Wildman–Crippen LogP) is 1.96. The molecule has 92 valence electrons. The van der Waals surface area contributed by atoms with E-state index in [1.54, 1.807) is 6.20 Å². The van der Waals surface area contributed by atoms with Gasteiger partial charge in [-0.25, -0.2) is 4.98 Å². The number of carbonyl (C=O) groups excluding carboxylic acids is 1. The number of hydrogen-bond acceptors (Lipinski definition) is 2. The van der Waals surface area contributed by atoms with E-state index in [2.05, 4.69) is 4.98 Å². The zero-order valence-electron chi connectivity index (χ0n) is 10.1. The number of likely N-dealkylation sites (tertiary alicyclic amines) is 1. The van der Waals surface area contributed by atoms with Crippen molar-refractivity contribution in [3.63, 3.8) is 0 Å². The topological polar surface area (TPSA) is 37.6 Å². The summed E-state index contributed by atoms with van der Waals surface area (Å²) < 4.78 is 1.88. The van der Waals surface area contributed by atoms with Gasteiger partial charge in [0.1, 0.15) is 11.3 Å². The minimum atomic E-state index is 0.140. The van der Waals surface area contributed by atoms with Crippen LogP contribution in [0.15, 0.2) is 30.6 Å². The fraction of sp³-hybridized carbons (Fsp3) is 0.429. The first-order valence-electron chi connectivity index (χ1n) is 6.56. The first-order chi connectivity index (χ1) is 8.83. The van der Waals surface area contributed by atoms with E-state index in [0.717, 1.165) is 18.1 Å². The third-order valence-corrected chi connectivity index (χ3v) is 4.31. The van der Waals surface area contributed by atoms with Crippen LogP contribution in [0.4, 0.5) is 0 Å². The molecule has 2 bridgehead atoms. The van der Waals surface area contributed by atoms with Crippen LogP contribution in [-0.2, 0) is 0 Å². The highest BCUT2D eigenvalue weighted by Crippen LogP contribution is 2.38. The SMILES string of the molecule is O=C(c1cnc2ccccn12)N1CC2CCC1C2. The van der Waals surface area contributed by atoms with Gasteiger partial charge in [0.25, 0.3) is 5.91 Å². The zero-order chi connectivity index (χ0) is 12.1. The lowest BCUT2D eigenvalue weighted by Gasteiger charge is -2.26. The number of amides is 1. The Hall–Kier alpha value is -1.84. The Labute approximate surface area is 105 Å². The molecule has 0 radical (unpaired) electrons. The van der Waals surface area contributed by atoms with Crippen LogP contribution in [0.5, 0.6) is 0 Å². The van der Waals surface area contributed by atoms with E-state index in [-0.39, 0.29) is 5.91 Å². The number of fused-ring (bicyclic) bond motifs is 3. The molecule has 2 aromatic rings. The third kappa shape index (κ3) is 1.32. The molecule has 18 heavy (non-hydrogen) atoms. The number of aromatic nitrogens is 2. The normalized spacial score (nSPS) is 26.1. The van der Waals surface area contributed by atoms with Crippen LogP contribution in [0.25, 0.3) is 5.65 Å². The van der Waals surface area contributed by atoms with Crippen molar-refractivity contribution in [1.29, 1.82) is 0 Å². The number of nitrogens with zero attached hydrogens (tertiary/aromatic N) is 3. The Morgan fingerprint density at radius 2 is 2.28 bits per heavy atom. The first-order valence-corrected chi connectivity index (χ1v) is 6.56. The molecule has 0 aromatic carbocycles. The predicted molar refractivity (Wildman–Crippen MR) is 67.4 cm³/mol. The Bertz CT molecular complexity index is 618. The molecular weight excluding hydrogens is 226 g/mol. The number of imidazole rings is 1. The highest BCUT2D eigenvalue weighted by atomic mass is 16.2. The van der Waals surface area contributed by atoms with Gasteiger partial charge in [-0.3, -0.25) is 9.20 Å². The first kappa shape index (κ1) is 10.1. The van der Waals surface area contributed by atoms with Gasteiger partial charge >= 0.3 is 0 Å². The molecule has 2 atom stereocenters. The average molecular weight is 241 g/mol. The largest absolute Gasteiger partial charge is 0.334 e. The fourth-order valence-electron chi connectivity index (χ4n) is 3.41. The number of hydrogen-bond donors (Lipinski definition) is 0. The van der Waals surface area contributed by atoms with E-state index in [4.69, 9.17) is 0 Å². The van der Waals surface area contributed by atoms with Gasteiger partial charge in [0.15, 0.2) is 0 Å². The van der Waals surface area contributed by atoms with Crippen LogP contribution in [0.3, 0.4) is 0 Å². The molecule has 1 aliphatic carbocycles. The van der Waals surface area contributed by atoms with Crippen molar-refractivity contribution in [2.75, 3.05) is 6.54 Å². The van der Waals surface area contributed by atoms with Gasteiger partial charge in [0.05, 0.1) is 6.20 Å². The molecule has 1 saturated heterocycles. The molecular formula is C14H15N3O. The monoisotopic (exact) mass is 241 g/mol. The summed E-state index contributed by atoms with van der Waals surface area (Å²) in [5.74, 6) is 0.874. The summed E-state index contributed by atoms with van der Waals surface area (Å²) in [6.07, 6.45) is 7.27. The van der Waals surface area contributed by atoms with Crippen molar-refractivity contribution in [3.05, 3.63) is 36.3 Å². The smallest absolute Gasteiger partial charge is 0.272 e. The van der Waals surface area contributed by atoms with Crippen LogP contribution in [0.1, 0.15) is 29.8 Å². The summed E-state index contributed by atoms with van der Waals surface area (Å²) in [5.41, 5.74) is 1.53. The Balaban J connectivity index is 1.72. The lowest BCUT2D eigenvalue weighted by atomic mass is 10.1. The minimum absolute atomic E-state index is 0.140. The van der Waals surface area contributed by atoms with Gasteiger partial charge in [-0.05, 0) is 37.3 Å². The lowest BCUT2D eigenvalue weighted by molar-refractivity contribution is 0.0696. The van der Waals surface area contributed by atoms with E-state index in [9.17, 15) is 4.79 Å². The van der Waals surface area contributed by atoms with Crippen LogP contribution in [-0.4, -0.2) is 32.8 Å². The highest BCUT2D eigenvalue weighted by molar-refractivity contribution is 5.93. The van der Waals surface area contributed by atoms with Gasteiger partial charge in [-0.2, -0.15) is 0 Å². The van der Waals surface area contributed by atoms with Crippen LogP contribution < -0.4 is 0 Å². The Kier molecular flexibility index (Phi) is 2.01. The van der Waals surface area contributed by atoms with Crippen molar-refractivity contribution in [2.45, 2.75) is 25.3 Å². The molecule has 4 rings (SSSR count). The second-order valence-electron chi connectivity index (χ2n) is 5.36. The van der Waals surface area contributed by atoms with Crippen LogP contribution in [0, 0.1) is 5.92 Å². The van der Waals surface area contributed by atoms with Crippen LogP contribution >= 0.6 is 0 Å². The second kappa shape index (κ2) is 3.57. The number of piperidine rings is 1. The molecule has 1 aliphatic heterocycles. The van der Waals surface area contributed by atoms with E-state index in [0.29, 0.717) is 11.7 Å². The number of rotatable bonds is 1. The van der Waals surface area contributed by atoms with Crippen molar-refractivity contribution >= 4 is 11.6 Å². The molecule has 2 aromatic heterocycles. The van der Waals surface area contributed by atoms with Gasteiger partial charge in [0.2, 0.25) is 0 Å². The zero-order valence-corrected chi connectivity index (χ0v) is 10.1. The number of pyridine rings is 1. The standard InChI is InChI=1S/C14H15N3O/c18-14(17-9-10-4-5-11(17)7-10)12-8-15-13-3-1-2-6-16(12)13/h1-3,6,8,10-11H,4-5,7,9H2. The molecule has 1 saturated carbocycles. The lowest BCUT2D eigenvalue weighted by Crippen LogP contribution is -2.38. The van der Waals surface area contributed by atoms with Crippen molar-refractivity contribution in [1.82, 2.24) is 14.3 Å². The maximum atomic E-state index is 12.6. The third-order valence-electron chi connectivity index (χ3n) is 4.31. The van der Waals surface area contributed by atoms with Crippen LogP contribution in [0.2, 0.25) is 0 Å². The quantitative estimate of drug-likeness (QED) is 0.765. The molecule has 2 unspecified atom stereocenters. The summed E-state index contributed by atoms with van der Waals surface area (Å²) in [7, 11) is 0. The summed E-state index contributed by atoms with van der Waals surface area (Å²) >= 11 is 0.